The highest BCUT2D eigenvalue weighted by atomic mass is 79.9. The molecule has 0 bridgehead atoms. The van der Waals surface area contributed by atoms with Crippen molar-refractivity contribution < 1.29 is 19.4 Å². The predicted molar refractivity (Wildman–Crippen MR) is 92.4 cm³/mol. The molecule has 0 saturated heterocycles. The Kier molecular flexibility index (Phi) is 7.51. The summed E-state index contributed by atoms with van der Waals surface area (Å²) < 4.78 is 5.90. The molecule has 23 heavy (non-hydrogen) atoms. The van der Waals surface area contributed by atoms with Gasteiger partial charge in [0.2, 0.25) is 5.91 Å². The summed E-state index contributed by atoms with van der Waals surface area (Å²) in [5.41, 5.74) is 0.971. The summed E-state index contributed by atoms with van der Waals surface area (Å²) in [6.45, 7) is 5.16. The van der Waals surface area contributed by atoms with Crippen molar-refractivity contribution in [2.75, 3.05) is 18.5 Å². The Morgan fingerprint density at radius 3 is 2.61 bits per heavy atom. The fraction of sp³-hybridized carbons (Fsp3) is 0.500. The lowest BCUT2D eigenvalue weighted by Crippen LogP contribution is -2.37. The fourth-order valence-electron chi connectivity index (χ4n) is 1.81. The van der Waals surface area contributed by atoms with Crippen molar-refractivity contribution in [3.63, 3.8) is 0 Å². The molecule has 1 aromatic rings. The number of carbonyl (C=O) groups excluding carboxylic acids is 2. The van der Waals surface area contributed by atoms with Gasteiger partial charge in [0.25, 0.3) is 0 Å². The van der Waals surface area contributed by atoms with Crippen molar-refractivity contribution in [3.8, 4) is 0 Å². The van der Waals surface area contributed by atoms with Crippen molar-refractivity contribution in [1.29, 1.82) is 0 Å². The van der Waals surface area contributed by atoms with Crippen LogP contribution in [0.15, 0.2) is 22.7 Å². The van der Waals surface area contributed by atoms with Crippen LogP contribution in [-0.2, 0) is 16.0 Å². The topological polar surface area (TPSA) is 87.7 Å². The van der Waals surface area contributed by atoms with Crippen LogP contribution in [0.5, 0.6) is 0 Å². The number of benzene rings is 1. The number of aryl methyl sites for hydroxylation is 1. The van der Waals surface area contributed by atoms with Crippen molar-refractivity contribution in [1.82, 2.24) is 5.32 Å². The van der Waals surface area contributed by atoms with Crippen LogP contribution in [0.4, 0.5) is 10.5 Å². The van der Waals surface area contributed by atoms with E-state index < -0.39 is 11.7 Å². The molecule has 0 aliphatic heterocycles. The van der Waals surface area contributed by atoms with Gasteiger partial charge in [-0.1, -0.05) is 22.0 Å². The lowest BCUT2D eigenvalue weighted by Gasteiger charge is -2.19. The number of alkyl carbamates (subject to hydrolysis) is 1. The average Bonchev–Trinajstić information content (AvgIpc) is 2.42. The standard InChI is InChI=1S/C16H23BrN2O4/c1-16(2,3)23-15(22)18-10-14(21)19-13-9-12(17)7-6-11(13)5-4-8-20/h6-7,9,20H,4-5,8,10H2,1-3H3,(H,18,22)(H,19,21). The highest BCUT2D eigenvalue weighted by molar-refractivity contribution is 9.10. The van der Waals surface area contributed by atoms with Crippen LogP contribution in [0.1, 0.15) is 32.8 Å². The van der Waals surface area contributed by atoms with E-state index >= 15 is 0 Å². The third-order valence-electron chi connectivity index (χ3n) is 2.74. The Morgan fingerprint density at radius 1 is 1.30 bits per heavy atom. The number of hydrogen-bond acceptors (Lipinski definition) is 4. The van der Waals surface area contributed by atoms with E-state index in [-0.39, 0.29) is 19.1 Å². The second-order valence-corrected chi connectivity index (χ2v) is 6.95. The molecule has 0 aliphatic carbocycles. The van der Waals surface area contributed by atoms with Crippen molar-refractivity contribution in [2.24, 2.45) is 0 Å². The molecule has 6 nitrogen and oxygen atoms in total. The SMILES string of the molecule is CC(C)(C)OC(=O)NCC(=O)Nc1cc(Br)ccc1CCCO. The molecule has 0 radical (unpaired) electrons. The van der Waals surface area contributed by atoms with Crippen LogP contribution >= 0.6 is 15.9 Å². The molecule has 0 heterocycles. The minimum Gasteiger partial charge on any atom is -0.444 e. The molecule has 1 rings (SSSR count). The zero-order valence-electron chi connectivity index (χ0n) is 13.6. The maximum Gasteiger partial charge on any atom is 0.408 e. The first-order valence-electron chi connectivity index (χ1n) is 7.37. The van der Waals surface area contributed by atoms with Gasteiger partial charge in [0.1, 0.15) is 12.1 Å². The first-order valence-corrected chi connectivity index (χ1v) is 8.16. The van der Waals surface area contributed by atoms with Gasteiger partial charge < -0.3 is 20.5 Å². The third kappa shape index (κ3) is 7.99. The van der Waals surface area contributed by atoms with Gasteiger partial charge in [-0.25, -0.2) is 4.79 Å². The molecular formula is C16H23BrN2O4. The molecule has 7 heteroatoms. The van der Waals surface area contributed by atoms with Crippen molar-refractivity contribution in [3.05, 3.63) is 28.2 Å². The maximum atomic E-state index is 12.0. The van der Waals surface area contributed by atoms with E-state index in [9.17, 15) is 9.59 Å². The maximum absolute atomic E-state index is 12.0. The van der Waals surface area contributed by atoms with Gasteiger partial charge in [-0.05, 0) is 51.3 Å². The van der Waals surface area contributed by atoms with E-state index in [4.69, 9.17) is 9.84 Å². The second kappa shape index (κ2) is 8.88. The van der Waals surface area contributed by atoms with Gasteiger partial charge in [0.15, 0.2) is 0 Å². The van der Waals surface area contributed by atoms with Crippen LogP contribution in [0.25, 0.3) is 0 Å². The van der Waals surface area contributed by atoms with E-state index in [1.165, 1.54) is 0 Å². The van der Waals surface area contributed by atoms with Gasteiger partial charge >= 0.3 is 6.09 Å². The first-order chi connectivity index (χ1) is 10.7. The van der Waals surface area contributed by atoms with E-state index in [0.717, 1.165) is 10.0 Å². The van der Waals surface area contributed by atoms with Gasteiger partial charge in [-0.3, -0.25) is 4.79 Å². The van der Waals surface area contributed by atoms with Crippen LogP contribution < -0.4 is 10.6 Å². The number of aliphatic hydroxyl groups excluding tert-OH is 1. The van der Waals surface area contributed by atoms with E-state index in [1.807, 2.05) is 12.1 Å². The Hall–Kier alpha value is -1.60. The molecule has 0 aliphatic rings. The predicted octanol–water partition coefficient (Wildman–Crippen LogP) is 2.84. The number of nitrogens with one attached hydrogen (secondary N) is 2. The number of aliphatic hydroxyl groups is 1. The number of amides is 2. The Bertz CT molecular complexity index is 556. The third-order valence-corrected chi connectivity index (χ3v) is 3.24. The minimum absolute atomic E-state index is 0.0870. The molecule has 0 atom stereocenters. The molecule has 128 valence electrons. The molecular weight excluding hydrogens is 364 g/mol. The summed E-state index contributed by atoms with van der Waals surface area (Å²) in [4.78, 5) is 23.5. The Balaban J connectivity index is 2.59. The smallest absolute Gasteiger partial charge is 0.408 e. The van der Waals surface area contributed by atoms with Crippen LogP contribution in [0.3, 0.4) is 0 Å². The summed E-state index contributed by atoms with van der Waals surface area (Å²) in [5.74, 6) is -0.348. The number of rotatable bonds is 6. The second-order valence-electron chi connectivity index (χ2n) is 6.03. The Morgan fingerprint density at radius 2 is 2.00 bits per heavy atom. The summed E-state index contributed by atoms with van der Waals surface area (Å²) in [6.07, 6.45) is 0.627. The van der Waals surface area contributed by atoms with E-state index in [0.29, 0.717) is 18.5 Å². The normalized spacial score (nSPS) is 11.0. The summed E-state index contributed by atoms with van der Waals surface area (Å²) >= 11 is 3.36. The van der Waals surface area contributed by atoms with Gasteiger partial charge in [0, 0.05) is 16.8 Å². The molecule has 0 aromatic heterocycles. The monoisotopic (exact) mass is 386 g/mol. The van der Waals surface area contributed by atoms with Crippen LogP contribution in [-0.4, -0.2) is 35.9 Å². The molecule has 0 spiro atoms. The zero-order chi connectivity index (χ0) is 17.5. The summed E-state index contributed by atoms with van der Waals surface area (Å²) in [7, 11) is 0. The lowest BCUT2D eigenvalue weighted by atomic mass is 10.1. The Labute approximate surface area is 144 Å². The molecule has 1 aromatic carbocycles. The lowest BCUT2D eigenvalue weighted by molar-refractivity contribution is -0.115. The molecule has 3 N–H and O–H groups in total. The minimum atomic E-state index is -0.637. The number of hydrogen-bond donors (Lipinski definition) is 3. The average molecular weight is 387 g/mol. The molecule has 0 fully saturated rings. The quantitative estimate of drug-likeness (QED) is 0.701. The van der Waals surface area contributed by atoms with Gasteiger partial charge in [-0.2, -0.15) is 0 Å². The summed E-state index contributed by atoms with van der Waals surface area (Å²) in [6, 6.07) is 5.55. The molecule has 0 saturated carbocycles. The highest BCUT2D eigenvalue weighted by Crippen LogP contribution is 2.22. The van der Waals surface area contributed by atoms with Gasteiger partial charge in [0.05, 0.1) is 0 Å². The number of anilines is 1. The number of carbonyl (C=O) groups is 2. The van der Waals surface area contributed by atoms with E-state index in [1.54, 1.807) is 26.8 Å². The van der Waals surface area contributed by atoms with Crippen LogP contribution in [0.2, 0.25) is 0 Å². The van der Waals surface area contributed by atoms with Crippen molar-refractivity contribution >= 4 is 33.6 Å². The molecule has 2 amide bonds. The van der Waals surface area contributed by atoms with Crippen LogP contribution in [0, 0.1) is 0 Å². The van der Waals surface area contributed by atoms with Crippen molar-refractivity contribution in [2.45, 2.75) is 39.2 Å². The zero-order valence-corrected chi connectivity index (χ0v) is 15.2. The fourth-order valence-corrected chi connectivity index (χ4v) is 2.17. The molecule has 0 unspecified atom stereocenters. The number of ether oxygens (including phenoxy) is 1. The van der Waals surface area contributed by atoms with E-state index in [2.05, 4.69) is 26.6 Å². The largest absolute Gasteiger partial charge is 0.444 e. The van der Waals surface area contributed by atoms with Gasteiger partial charge in [-0.15, -0.1) is 0 Å². The number of halogens is 1. The summed E-state index contributed by atoms with van der Waals surface area (Å²) in [5, 5.41) is 14.1. The highest BCUT2D eigenvalue weighted by Gasteiger charge is 2.17. The first kappa shape index (κ1) is 19.4.